The second kappa shape index (κ2) is 3.74. The number of aromatic nitrogens is 1. The summed E-state index contributed by atoms with van der Waals surface area (Å²) in [7, 11) is 0. The van der Waals surface area contributed by atoms with E-state index in [9.17, 15) is 0 Å². The van der Waals surface area contributed by atoms with E-state index < -0.39 is 0 Å². The van der Waals surface area contributed by atoms with Crippen LogP contribution in [0.1, 0.15) is 30.2 Å². The maximum absolute atomic E-state index is 6.48. The largest absolute Gasteiger partial charge is 0.252 e. The highest BCUT2D eigenvalue weighted by atomic mass is 35.5. The van der Waals surface area contributed by atoms with Crippen molar-refractivity contribution in [2.24, 2.45) is 0 Å². The molecule has 1 heterocycles. The van der Waals surface area contributed by atoms with Crippen molar-refractivity contribution in [2.45, 2.75) is 32.6 Å². The van der Waals surface area contributed by atoms with Gasteiger partial charge in [0.2, 0.25) is 0 Å². The number of aryl methyl sites for hydroxylation is 2. The van der Waals surface area contributed by atoms with Crippen LogP contribution < -0.4 is 0 Å². The molecule has 0 bridgehead atoms. The molecule has 82 valence electrons. The van der Waals surface area contributed by atoms with Gasteiger partial charge in [-0.15, -0.1) is 0 Å². The Labute approximate surface area is 100 Å². The van der Waals surface area contributed by atoms with Crippen molar-refractivity contribution in [1.82, 2.24) is 4.98 Å². The predicted octanol–water partition coefficient (Wildman–Crippen LogP) is 3.94. The molecule has 0 radical (unpaired) electrons. The molecule has 0 N–H and O–H groups in total. The van der Waals surface area contributed by atoms with Crippen LogP contribution >= 0.6 is 11.6 Å². The van der Waals surface area contributed by atoms with Gasteiger partial charge < -0.3 is 0 Å². The first-order valence-electron chi connectivity index (χ1n) is 5.90. The minimum absolute atomic E-state index is 0.938. The molecule has 0 fully saturated rings. The third-order valence-corrected chi connectivity index (χ3v) is 3.87. The number of fused-ring (bicyclic) bond motifs is 2. The molecule has 1 nitrogen and oxygen atoms in total. The maximum atomic E-state index is 6.48. The molecular formula is C14H14ClN. The molecule has 3 rings (SSSR count). The Kier molecular flexibility index (Phi) is 2.36. The molecule has 1 aromatic carbocycles. The SMILES string of the molecule is CCc1cccc2c(Cl)c3c(nc12)CCC3. The van der Waals surface area contributed by atoms with Crippen LogP contribution in [0.15, 0.2) is 18.2 Å². The van der Waals surface area contributed by atoms with Crippen LogP contribution in [0.2, 0.25) is 5.02 Å². The van der Waals surface area contributed by atoms with Crippen molar-refractivity contribution in [1.29, 1.82) is 0 Å². The summed E-state index contributed by atoms with van der Waals surface area (Å²) in [6.45, 7) is 2.16. The summed E-state index contributed by atoms with van der Waals surface area (Å²) in [4.78, 5) is 4.80. The molecular weight excluding hydrogens is 218 g/mol. The summed E-state index contributed by atoms with van der Waals surface area (Å²) >= 11 is 6.48. The average Bonchev–Trinajstić information content (AvgIpc) is 2.77. The first kappa shape index (κ1) is 10.1. The van der Waals surface area contributed by atoms with Crippen LogP contribution in [0.3, 0.4) is 0 Å². The summed E-state index contributed by atoms with van der Waals surface area (Å²) in [5.74, 6) is 0. The van der Waals surface area contributed by atoms with E-state index in [4.69, 9.17) is 16.6 Å². The van der Waals surface area contributed by atoms with E-state index in [1.54, 1.807) is 0 Å². The molecule has 1 aliphatic carbocycles. The molecule has 16 heavy (non-hydrogen) atoms. The van der Waals surface area contributed by atoms with E-state index in [1.807, 2.05) is 0 Å². The standard InChI is InChI=1S/C14H14ClN/c1-2-9-5-3-7-11-13(15)10-6-4-8-12(10)16-14(9)11/h3,5,7H,2,4,6,8H2,1H3. The molecule has 1 aromatic heterocycles. The van der Waals surface area contributed by atoms with E-state index in [1.165, 1.54) is 23.2 Å². The molecule has 0 saturated carbocycles. The van der Waals surface area contributed by atoms with E-state index >= 15 is 0 Å². The van der Waals surface area contributed by atoms with E-state index in [2.05, 4.69) is 25.1 Å². The number of benzene rings is 1. The van der Waals surface area contributed by atoms with Crippen molar-refractivity contribution in [3.8, 4) is 0 Å². The van der Waals surface area contributed by atoms with Gasteiger partial charge in [-0.1, -0.05) is 36.7 Å². The first-order chi connectivity index (χ1) is 7.81. The van der Waals surface area contributed by atoms with Crippen molar-refractivity contribution in [3.05, 3.63) is 40.0 Å². The lowest BCUT2D eigenvalue weighted by Gasteiger charge is -2.09. The summed E-state index contributed by atoms with van der Waals surface area (Å²) in [5, 5.41) is 2.06. The monoisotopic (exact) mass is 231 g/mol. The molecule has 0 amide bonds. The van der Waals surface area contributed by atoms with Gasteiger partial charge in [0.1, 0.15) is 0 Å². The topological polar surface area (TPSA) is 12.9 Å². The molecule has 1 aliphatic rings. The van der Waals surface area contributed by atoms with Gasteiger partial charge >= 0.3 is 0 Å². The lowest BCUT2D eigenvalue weighted by atomic mass is 10.0. The first-order valence-corrected chi connectivity index (χ1v) is 6.28. The number of hydrogen-bond donors (Lipinski definition) is 0. The van der Waals surface area contributed by atoms with Crippen LogP contribution in [-0.4, -0.2) is 4.98 Å². The average molecular weight is 232 g/mol. The molecule has 0 unspecified atom stereocenters. The third kappa shape index (κ3) is 1.35. The van der Waals surface area contributed by atoms with Gasteiger partial charge in [0.25, 0.3) is 0 Å². The van der Waals surface area contributed by atoms with Crippen LogP contribution in [0.4, 0.5) is 0 Å². The Bertz CT molecular complexity index is 560. The fourth-order valence-corrected chi connectivity index (χ4v) is 2.93. The van der Waals surface area contributed by atoms with E-state index in [0.717, 1.165) is 35.2 Å². The number of pyridine rings is 1. The zero-order valence-electron chi connectivity index (χ0n) is 9.39. The third-order valence-electron chi connectivity index (χ3n) is 3.44. The van der Waals surface area contributed by atoms with E-state index in [-0.39, 0.29) is 0 Å². The highest BCUT2D eigenvalue weighted by Crippen LogP contribution is 2.34. The number of halogens is 1. The Morgan fingerprint density at radius 1 is 1.31 bits per heavy atom. The van der Waals surface area contributed by atoms with Crippen molar-refractivity contribution in [3.63, 3.8) is 0 Å². The number of nitrogens with zero attached hydrogens (tertiary/aromatic N) is 1. The summed E-state index contributed by atoms with van der Waals surface area (Å²) in [5.41, 5.74) is 4.91. The van der Waals surface area contributed by atoms with Crippen LogP contribution in [0, 0.1) is 0 Å². The molecule has 0 spiro atoms. The summed E-state index contributed by atoms with van der Waals surface area (Å²) in [6.07, 6.45) is 4.38. The van der Waals surface area contributed by atoms with Crippen molar-refractivity contribution in [2.75, 3.05) is 0 Å². The lowest BCUT2D eigenvalue weighted by Crippen LogP contribution is -1.95. The Morgan fingerprint density at radius 3 is 3.00 bits per heavy atom. The van der Waals surface area contributed by atoms with Gasteiger partial charge in [-0.3, -0.25) is 4.98 Å². The van der Waals surface area contributed by atoms with Gasteiger partial charge in [0.15, 0.2) is 0 Å². The molecule has 0 atom stereocenters. The zero-order chi connectivity index (χ0) is 11.1. The predicted molar refractivity (Wildman–Crippen MR) is 68.2 cm³/mol. The number of para-hydroxylation sites is 1. The van der Waals surface area contributed by atoms with Gasteiger partial charge in [-0.25, -0.2) is 0 Å². The molecule has 0 aliphatic heterocycles. The minimum atomic E-state index is 0.938. The number of hydrogen-bond acceptors (Lipinski definition) is 1. The zero-order valence-corrected chi connectivity index (χ0v) is 10.1. The summed E-state index contributed by atoms with van der Waals surface area (Å²) < 4.78 is 0. The smallest absolute Gasteiger partial charge is 0.0752 e. The fraction of sp³-hybridized carbons (Fsp3) is 0.357. The highest BCUT2D eigenvalue weighted by molar-refractivity contribution is 6.36. The summed E-state index contributed by atoms with van der Waals surface area (Å²) in [6, 6.07) is 6.31. The minimum Gasteiger partial charge on any atom is -0.252 e. The van der Waals surface area contributed by atoms with Crippen molar-refractivity contribution < 1.29 is 0 Å². The Morgan fingerprint density at radius 2 is 2.19 bits per heavy atom. The van der Waals surface area contributed by atoms with E-state index in [0.29, 0.717) is 0 Å². The van der Waals surface area contributed by atoms with Crippen LogP contribution in [0.5, 0.6) is 0 Å². The van der Waals surface area contributed by atoms with Gasteiger partial charge in [0.05, 0.1) is 10.5 Å². The molecule has 2 aromatic rings. The van der Waals surface area contributed by atoms with Gasteiger partial charge in [0, 0.05) is 11.1 Å². The Balaban J connectivity index is 2.41. The van der Waals surface area contributed by atoms with Gasteiger partial charge in [-0.05, 0) is 36.8 Å². The second-order valence-corrected chi connectivity index (χ2v) is 4.75. The van der Waals surface area contributed by atoms with Crippen molar-refractivity contribution >= 4 is 22.5 Å². The second-order valence-electron chi connectivity index (χ2n) is 4.37. The Hall–Kier alpha value is -1.08. The molecule has 0 saturated heterocycles. The molecule has 2 heteroatoms. The van der Waals surface area contributed by atoms with Crippen LogP contribution in [-0.2, 0) is 19.3 Å². The number of rotatable bonds is 1. The highest BCUT2D eigenvalue weighted by Gasteiger charge is 2.18. The quantitative estimate of drug-likeness (QED) is 0.725. The normalized spacial score (nSPS) is 14.4. The van der Waals surface area contributed by atoms with Gasteiger partial charge in [-0.2, -0.15) is 0 Å². The fourth-order valence-electron chi connectivity index (χ4n) is 2.57. The van der Waals surface area contributed by atoms with Crippen LogP contribution in [0.25, 0.3) is 10.9 Å². The lowest BCUT2D eigenvalue weighted by molar-refractivity contribution is 0.901. The maximum Gasteiger partial charge on any atom is 0.0752 e.